The maximum atomic E-state index is 5.11. The maximum absolute atomic E-state index is 5.11. The van der Waals surface area contributed by atoms with Crippen LogP contribution in [0.5, 0.6) is 5.88 Å². The first-order chi connectivity index (χ1) is 9.81. The van der Waals surface area contributed by atoms with Gasteiger partial charge in [-0.1, -0.05) is 6.92 Å². The van der Waals surface area contributed by atoms with Gasteiger partial charge >= 0.3 is 0 Å². The quantitative estimate of drug-likeness (QED) is 0.811. The van der Waals surface area contributed by atoms with Gasteiger partial charge in [0.2, 0.25) is 5.88 Å². The molecule has 0 spiro atoms. The molecule has 106 valence electrons. The van der Waals surface area contributed by atoms with Crippen molar-refractivity contribution in [3.05, 3.63) is 42.4 Å². The van der Waals surface area contributed by atoms with Gasteiger partial charge in [-0.2, -0.15) is 0 Å². The van der Waals surface area contributed by atoms with Crippen molar-refractivity contribution < 1.29 is 4.74 Å². The number of rotatable bonds is 7. The van der Waals surface area contributed by atoms with Crippen molar-refractivity contribution in [2.75, 3.05) is 24.3 Å². The van der Waals surface area contributed by atoms with Crippen molar-refractivity contribution in [2.45, 2.75) is 19.9 Å². The van der Waals surface area contributed by atoms with E-state index >= 15 is 0 Å². The number of hydrogen-bond acceptors (Lipinski definition) is 5. The van der Waals surface area contributed by atoms with Gasteiger partial charge in [0, 0.05) is 25.4 Å². The molecule has 2 N–H and O–H groups in total. The van der Waals surface area contributed by atoms with Crippen LogP contribution in [0.2, 0.25) is 0 Å². The minimum Gasteiger partial charge on any atom is -0.481 e. The first-order valence-corrected chi connectivity index (χ1v) is 6.73. The van der Waals surface area contributed by atoms with E-state index in [-0.39, 0.29) is 0 Å². The fourth-order valence-corrected chi connectivity index (χ4v) is 1.78. The number of ether oxygens (including phenoxy) is 1. The number of hydrogen-bond donors (Lipinski definition) is 2. The van der Waals surface area contributed by atoms with E-state index in [4.69, 9.17) is 4.74 Å². The van der Waals surface area contributed by atoms with E-state index in [1.54, 1.807) is 13.3 Å². The highest BCUT2D eigenvalue weighted by atomic mass is 16.5. The van der Waals surface area contributed by atoms with E-state index in [0.717, 1.165) is 29.9 Å². The number of nitrogens with zero attached hydrogens (tertiary/aromatic N) is 2. The average Bonchev–Trinajstić information content (AvgIpc) is 2.51. The molecular weight excluding hydrogens is 252 g/mol. The van der Waals surface area contributed by atoms with E-state index < -0.39 is 0 Å². The smallest absolute Gasteiger partial charge is 0.213 e. The highest BCUT2D eigenvalue weighted by Crippen LogP contribution is 2.15. The molecule has 0 saturated heterocycles. The van der Waals surface area contributed by atoms with Gasteiger partial charge in [-0.3, -0.25) is 4.98 Å². The van der Waals surface area contributed by atoms with Gasteiger partial charge in [-0.05, 0) is 24.1 Å². The highest BCUT2D eigenvalue weighted by molar-refractivity contribution is 5.54. The van der Waals surface area contributed by atoms with Crippen molar-refractivity contribution >= 4 is 11.4 Å². The lowest BCUT2D eigenvalue weighted by Gasteiger charge is -2.09. The van der Waals surface area contributed by atoms with Crippen molar-refractivity contribution in [1.29, 1.82) is 0 Å². The lowest BCUT2D eigenvalue weighted by Crippen LogP contribution is -2.03. The summed E-state index contributed by atoms with van der Waals surface area (Å²) in [6, 6.07) is 5.93. The normalized spacial score (nSPS) is 10.1. The third kappa shape index (κ3) is 4.12. The molecule has 5 nitrogen and oxygen atoms in total. The van der Waals surface area contributed by atoms with Crippen molar-refractivity contribution in [3.8, 4) is 5.88 Å². The number of anilines is 2. The molecule has 0 amide bonds. The summed E-state index contributed by atoms with van der Waals surface area (Å²) in [5.74, 6) is 0.626. The number of pyridine rings is 2. The molecule has 5 heteroatoms. The number of aromatic nitrogens is 2. The van der Waals surface area contributed by atoms with Crippen molar-refractivity contribution in [3.63, 3.8) is 0 Å². The Labute approximate surface area is 119 Å². The maximum Gasteiger partial charge on any atom is 0.213 e. The Morgan fingerprint density at radius 2 is 1.95 bits per heavy atom. The molecule has 0 aliphatic carbocycles. The number of nitrogens with one attached hydrogen (secondary N) is 2. The van der Waals surface area contributed by atoms with Crippen molar-refractivity contribution in [2.24, 2.45) is 0 Å². The molecule has 0 unspecified atom stereocenters. The van der Waals surface area contributed by atoms with E-state index in [9.17, 15) is 0 Å². The molecule has 2 aromatic heterocycles. The minimum atomic E-state index is 0.626. The Morgan fingerprint density at radius 1 is 1.15 bits per heavy atom. The standard InChI is InChI=1S/C15H20N4O/c1-3-5-17-13-8-14(11-16-10-13)19-9-12-4-6-18-15(7-12)20-2/h4,6-8,10-11,17,19H,3,5,9H2,1-2H3. The predicted molar refractivity (Wildman–Crippen MR) is 81.1 cm³/mol. The molecule has 0 radical (unpaired) electrons. The van der Waals surface area contributed by atoms with Crippen LogP contribution in [0.1, 0.15) is 18.9 Å². The van der Waals surface area contributed by atoms with Crippen LogP contribution in [0.25, 0.3) is 0 Å². The lowest BCUT2D eigenvalue weighted by molar-refractivity contribution is 0.397. The summed E-state index contributed by atoms with van der Waals surface area (Å²) in [7, 11) is 1.62. The first kappa shape index (κ1) is 14.1. The molecule has 0 aliphatic rings. The Morgan fingerprint density at radius 3 is 2.70 bits per heavy atom. The van der Waals surface area contributed by atoms with Crippen LogP contribution < -0.4 is 15.4 Å². The first-order valence-electron chi connectivity index (χ1n) is 6.73. The van der Waals surface area contributed by atoms with E-state index in [1.807, 2.05) is 24.5 Å². The van der Waals surface area contributed by atoms with Crippen LogP contribution in [0.4, 0.5) is 11.4 Å². The third-order valence-electron chi connectivity index (χ3n) is 2.82. The Kier molecular flexibility index (Phi) is 5.17. The third-order valence-corrected chi connectivity index (χ3v) is 2.82. The molecule has 0 saturated carbocycles. The summed E-state index contributed by atoms with van der Waals surface area (Å²) in [6.45, 7) is 3.80. The minimum absolute atomic E-state index is 0.626. The second-order valence-corrected chi connectivity index (χ2v) is 4.45. The molecule has 2 rings (SSSR count). The molecule has 2 heterocycles. The average molecular weight is 272 g/mol. The molecular formula is C15H20N4O. The molecule has 0 fully saturated rings. The van der Waals surface area contributed by atoms with Crippen LogP contribution in [-0.2, 0) is 6.54 Å². The van der Waals surface area contributed by atoms with Gasteiger partial charge in [0.15, 0.2) is 0 Å². The van der Waals surface area contributed by atoms with Gasteiger partial charge in [0.1, 0.15) is 0 Å². The van der Waals surface area contributed by atoms with E-state index in [1.165, 1.54) is 0 Å². The van der Waals surface area contributed by atoms with Crippen LogP contribution in [0.3, 0.4) is 0 Å². The highest BCUT2D eigenvalue weighted by Gasteiger charge is 1.99. The fraction of sp³-hybridized carbons (Fsp3) is 0.333. The summed E-state index contributed by atoms with van der Waals surface area (Å²) < 4.78 is 5.11. The summed E-state index contributed by atoms with van der Waals surface area (Å²) >= 11 is 0. The molecule has 0 atom stereocenters. The molecule has 2 aromatic rings. The monoisotopic (exact) mass is 272 g/mol. The Balaban J connectivity index is 1.95. The predicted octanol–water partition coefficient (Wildman–Crippen LogP) is 2.92. The summed E-state index contributed by atoms with van der Waals surface area (Å²) in [4.78, 5) is 8.31. The SMILES string of the molecule is CCCNc1cncc(NCc2ccnc(OC)c2)c1. The Hall–Kier alpha value is -2.30. The van der Waals surface area contributed by atoms with Crippen molar-refractivity contribution in [1.82, 2.24) is 9.97 Å². The second-order valence-electron chi connectivity index (χ2n) is 4.45. The Bertz CT molecular complexity index is 545. The summed E-state index contributed by atoms with van der Waals surface area (Å²) in [5.41, 5.74) is 3.13. The molecule has 0 bridgehead atoms. The van der Waals surface area contributed by atoms with E-state index in [2.05, 4.69) is 33.6 Å². The van der Waals surface area contributed by atoms with Crippen LogP contribution in [0.15, 0.2) is 36.8 Å². The van der Waals surface area contributed by atoms with Crippen LogP contribution in [0, 0.1) is 0 Å². The molecule has 20 heavy (non-hydrogen) atoms. The van der Waals surface area contributed by atoms with Gasteiger partial charge in [0.25, 0.3) is 0 Å². The van der Waals surface area contributed by atoms with Crippen LogP contribution >= 0.6 is 0 Å². The van der Waals surface area contributed by atoms with Gasteiger partial charge in [-0.15, -0.1) is 0 Å². The molecule has 0 aliphatic heterocycles. The summed E-state index contributed by atoms with van der Waals surface area (Å²) in [5, 5.41) is 6.66. The van der Waals surface area contributed by atoms with Gasteiger partial charge in [-0.25, -0.2) is 4.98 Å². The lowest BCUT2D eigenvalue weighted by atomic mass is 10.2. The van der Waals surface area contributed by atoms with E-state index in [0.29, 0.717) is 12.4 Å². The van der Waals surface area contributed by atoms with Gasteiger partial charge < -0.3 is 15.4 Å². The zero-order valence-electron chi connectivity index (χ0n) is 11.9. The second kappa shape index (κ2) is 7.33. The zero-order chi connectivity index (χ0) is 14.2. The topological polar surface area (TPSA) is 59.1 Å². The fourth-order valence-electron chi connectivity index (χ4n) is 1.78. The largest absolute Gasteiger partial charge is 0.481 e. The zero-order valence-corrected chi connectivity index (χ0v) is 11.9. The number of methoxy groups -OCH3 is 1. The molecule has 0 aromatic carbocycles. The van der Waals surface area contributed by atoms with Crippen LogP contribution in [-0.4, -0.2) is 23.6 Å². The summed E-state index contributed by atoms with van der Waals surface area (Å²) in [6.07, 6.45) is 6.48. The van der Waals surface area contributed by atoms with Gasteiger partial charge in [0.05, 0.1) is 30.9 Å².